The number of rotatable bonds is 5. The Balaban J connectivity index is 2.22. The molecule has 1 N–H and O–H groups in total. The zero-order valence-electron chi connectivity index (χ0n) is 11.3. The summed E-state index contributed by atoms with van der Waals surface area (Å²) in [6, 6.07) is 8.12. The molecule has 0 spiro atoms. The minimum Gasteiger partial charge on any atom is -0.311 e. The number of hydrogen-bond acceptors (Lipinski definition) is 3. The number of aromatic nitrogens is 2. The van der Waals surface area contributed by atoms with E-state index in [1.54, 1.807) is 0 Å². The summed E-state index contributed by atoms with van der Waals surface area (Å²) in [4.78, 5) is 8.99. The molecule has 0 radical (unpaired) electrons. The highest BCUT2D eigenvalue weighted by Gasteiger charge is 2.06. The van der Waals surface area contributed by atoms with Crippen LogP contribution in [-0.4, -0.2) is 16.5 Å². The third-order valence-corrected chi connectivity index (χ3v) is 3.37. The summed E-state index contributed by atoms with van der Waals surface area (Å²) in [5.74, 6) is 0.792. The van der Waals surface area contributed by atoms with Gasteiger partial charge in [-0.2, -0.15) is 0 Å². The molecule has 1 aromatic heterocycles. The third-order valence-electron chi connectivity index (χ3n) is 2.88. The van der Waals surface area contributed by atoms with Gasteiger partial charge in [-0.1, -0.05) is 22.9 Å². The van der Waals surface area contributed by atoms with E-state index in [-0.39, 0.29) is 0 Å². The van der Waals surface area contributed by atoms with Gasteiger partial charge in [0.15, 0.2) is 5.82 Å². The topological polar surface area (TPSA) is 37.8 Å². The second kappa shape index (κ2) is 6.78. The third kappa shape index (κ3) is 3.85. The molecule has 0 amide bonds. The van der Waals surface area contributed by atoms with Gasteiger partial charge in [-0.05, 0) is 49.7 Å². The molecule has 1 heterocycles. The Labute approximate surface area is 122 Å². The molecule has 4 heteroatoms. The van der Waals surface area contributed by atoms with Crippen molar-refractivity contribution in [3.8, 4) is 11.4 Å². The standard InChI is InChI=1S/C15H18BrN3/c1-3-7-17-10-13-6-8-18-15(19-13)14-5-4-12(16)9-11(14)2/h4-6,8-9,17H,3,7,10H2,1-2H3. The Bertz CT molecular complexity index is 555. The lowest BCUT2D eigenvalue weighted by atomic mass is 10.1. The molecule has 0 fully saturated rings. The molecule has 0 saturated carbocycles. The molecule has 0 bridgehead atoms. The first-order valence-corrected chi connectivity index (χ1v) is 7.29. The van der Waals surface area contributed by atoms with Gasteiger partial charge in [0.05, 0.1) is 5.69 Å². The van der Waals surface area contributed by atoms with Crippen LogP contribution in [0.15, 0.2) is 34.9 Å². The van der Waals surface area contributed by atoms with E-state index in [0.717, 1.165) is 41.1 Å². The second-order valence-electron chi connectivity index (χ2n) is 4.51. The zero-order chi connectivity index (χ0) is 13.7. The van der Waals surface area contributed by atoms with E-state index in [9.17, 15) is 0 Å². The number of hydrogen-bond donors (Lipinski definition) is 1. The quantitative estimate of drug-likeness (QED) is 0.854. The average molecular weight is 320 g/mol. The van der Waals surface area contributed by atoms with E-state index in [1.807, 2.05) is 18.3 Å². The van der Waals surface area contributed by atoms with E-state index in [2.05, 4.69) is 57.2 Å². The number of nitrogens with zero attached hydrogens (tertiary/aromatic N) is 2. The molecule has 1 aromatic carbocycles. The van der Waals surface area contributed by atoms with Crippen LogP contribution < -0.4 is 5.32 Å². The molecule has 2 rings (SSSR count). The minimum atomic E-state index is 0.791. The summed E-state index contributed by atoms with van der Waals surface area (Å²) < 4.78 is 1.08. The van der Waals surface area contributed by atoms with Crippen LogP contribution in [0.1, 0.15) is 24.6 Å². The molecule has 0 aliphatic rings. The van der Waals surface area contributed by atoms with Crippen molar-refractivity contribution in [2.45, 2.75) is 26.8 Å². The van der Waals surface area contributed by atoms with Gasteiger partial charge in [0.2, 0.25) is 0 Å². The molecule has 3 nitrogen and oxygen atoms in total. The smallest absolute Gasteiger partial charge is 0.159 e. The van der Waals surface area contributed by atoms with Gasteiger partial charge < -0.3 is 5.32 Å². The Morgan fingerprint density at radius 2 is 2.11 bits per heavy atom. The second-order valence-corrected chi connectivity index (χ2v) is 5.42. The van der Waals surface area contributed by atoms with Crippen molar-refractivity contribution in [3.05, 3.63) is 46.2 Å². The van der Waals surface area contributed by atoms with Gasteiger partial charge >= 0.3 is 0 Å². The van der Waals surface area contributed by atoms with Crippen molar-refractivity contribution in [2.24, 2.45) is 0 Å². The fourth-order valence-corrected chi connectivity index (χ4v) is 2.37. The van der Waals surface area contributed by atoms with Gasteiger partial charge in [-0.15, -0.1) is 0 Å². The van der Waals surface area contributed by atoms with Crippen LogP contribution in [0.2, 0.25) is 0 Å². The first-order valence-electron chi connectivity index (χ1n) is 6.50. The fraction of sp³-hybridized carbons (Fsp3) is 0.333. The summed E-state index contributed by atoms with van der Waals surface area (Å²) in [5, 5.41) is 3.36. The van der Waals surface area contributed by atoms with Crippen LogP contribution in [-0.2, 0) is 6.54 Å². The molecule has 0 aliphatic heterocycles. The van der Waals surface area contributed by atoms with E-state index < -0.39 is 0 Å². The van der Waals surface area contributed by atoms with Gasteiger partial charge in [0.1, 0.15) is 0 Å². The van der Waals surface area contributed by atoms with Crippen LogP contribution in [0.3, 0.4) is 0 Å². The predicted molar refractivity (Wildman–Crippen MR) is 81.9 cm³/mol. The van der Waals surface area contributed by atoms with E-state index in [1.165, 1.54) is 5.56 Å². The maximum atomic E-state index is 4.62. The lowest BCUT2D eigenvalue weighted by Crippen LogP contribution is -2.15. The number of benzene rings is 1. The summed E-state index contributed by atoms with van der Waals surface area (Å²) in [6.45, 7) is 6.03. The normalized spacial score (nSPS) is 10.7. The first-order chi connectivity index (χ1) is 9.20. The van der Waals surface area contributed by atoms with Gasteiger partial charge in [0.25, 0.3) is 0 Å². The highest BCUT2D eigenvalue weighted by molar-refractivity contribution is 9.10. The van der Waals surface area contributed by atoms with Crippen LogP contribution in [0, 0.1) is 6.92 Å². The van der Waals surface area contributed by atoms with E-state index in [4.69, 9.17) is 0 Å². The van der Waals surface area contributed by atoms with Crippen molar-refractivity contribution >= 4 is 15.9 Å². The predicted octanol–water partition coefficient (Wildman–Crippen LogP) is 3.71. The van der Waals surface area contributed by atoms with Crippen molar-refractivity contribution in [3.63, 3.8) is 0 Å². The Morgan fingerprint density at radius 3 is 2.84 bits per heavy atom. The zero-order valence-corrected chi connectivity index (χ0v) is 12.9. The molecule has 19 heavy (non-hydrogen) atoms. The van der Waals surface area contributed by atoms with Crippen molar-refractivity contribution < 1.29 is 0 Å². The Morgan fingerprint density at radius 1 is 1.26 bits per heavy atom. The SMILES string of the molecule is CCCNCc1ccnc(-c2ccc(Br)cc2C)n1. The monoisotopic (exact) mass is 319 g/mol. The highest BCUT2D eigenvalue weighted by Crippen LogP contribution is 2.23. The molecule has 0 saturated heterocycles. The molecular weight excluding hydrogens is 302 g/mol. The lowest BCUT2D eigenvalue weighted by Gasteiger charge is -2.07. The van der Waals surface area contributed by atoms with Crippen molar-refractivity contribution in [2.75, 3.05) is 6.54 Å². The van der Waals surface area contributed by atoms with Crippen LogP contribution >= 0.6 is 15.9 Å². The van der Waals surface area contributed by atoms with Crippen LogP contribution in [0.5, 0.6) is 0 Å². The van der Waals surface area contributed by atoms with Crippen LogP contribution in [0.4, 0.5) is 0 Å². The van der Waals surface area contributed by atoms with Crippen molar-refractivity contribution in [1.82, 2.24) is 15.3 Å². The molecule has 0 unspecified atom stereocenters. The van der Waals surface area contributed by atoms with Gasteiger partial charge in [0, 0.05) is 22.8 Å². The summed E-state index contributed by atoms with van der Waals surface area (Å²) in [7, 11) is 0. The number of aryl methyl sites for hydroxylation is 1. The molecule has 0 aliphatic carbocycles. The van der Waals surface area contributed by atoms with E-state index >= 15 is 0 Å². The summed E-state index contributed by atoms with van der Waals surface area (Å²) >= 11 is 3.47. The first kappa shape index (κ1) is 14.2. The van der Waals surface area contributed by atoms with Gasteiger partial charge in [-0.25, -0.2) is 9.97 Å². The largest absolute Gasteiger partial charge is 0.311 e. The number of nitrogens with one attached hydrogen (secondary N) is 1. The Kier molecular flexibility index (Phi) is 5.05. The van der Waals surface area contributed by atoms with Gasteiger partial charge in [-0.3, -0.25) is 0 Å². The fourth-order valence-electron chi connectivity index (χ4n) is 1.90. The molecule has 100 valence electrons. The molecule has 0 atom stereocenters. The van der Waals surface area contributed by atoms with Crippen LogP contribution in [0.25, 0.3) is 11.4 Å². The van der Waals surface area contributed by atoms with E-state index in [0.29, 0.717) is 0 Å². The maximum absolute atomic E-state index is 4.62. The lowest BCUT2D eigenvalue weighted by molar-refractivity contribution is 0.663. The maximum Gasteiger partial charge on any atom is 0.159 e. The summed E-state index contributed by atoms with van der Waals surface area (Å²) in [6.07, 6.45) is 2.95. The highest BCUT2D eigenvalue weighted by atomic mass is 79.9. The average Bonchev–Trinajstić information content (AvgIpc) is 2.39. The Hall–Kier alpha value is -1.26. The minimum absolute atomic E-state index is 0.791. The van der Waals surface area contributed by atoms with Crippen molar-refractivity contribution in [1.29, 1.82) is 0 Å². The number of halogens is 1. The molecule has 2 aromatic rings. The summed E-state index contributed by atoms with van der Waals surface area (Å²) in [5.41, 5.74) is 3.29. The molecular formula is C15H18BrN3.